The topological polar surface area (TPSA) is 77.8 Å². The number of nitrogens with one attached hydrogen (secondary N) is 1. The van der Waals surface area contributed by atoms with Gasteiger partial charge in [-0.15, -0.1) is 0 Å². The van der Waals surface area contributed by atoms with Crippen LogP contribution in [0.15, 0.2) is 69.9 Å². The highest BCUT2D eigenvalue weighted by Gasteiger charge is 2.40. The van der Waals surface area contributed by atoms with Crippen molar-refractivity contribution < 1.29 is 31.9 Å². The Hall–Kier alpha value is -3.69. The summed E-state index contributed by atoms with van der Waals surface area (Å²) in [6.45, 7) is 1.23. The second kappa shape index (κ2) is 10.1. The van der Waals surface area contributed by atoms with Crippen LogP contribution < -0.4 is 20.2 Å². The monoisotopic (exact) mass is 537 g/mol. The van der Waals surface area contributed by atoms with E-state index in [1.807, 2.05) is 0 Å². The van der Waals surface area contributed by atoms with E-state index < -0.39 is 35.6 Å². The number of hydrogen-bond donors (Lipinski definition) is 1. The lowest BCUT2D eigenvalue weighted by Gasteiger charge is -2.14. The van der Waals surface area contributed by atoms with E-state index in [4.69, 9.17) is 37.1 Å². The molecule has 0 bridgehead atoms. The number of rotatable bonds is 6. The molecule has 6 nitrogen and oxygen atoms in total. The zero-order chi connectivity index (χ0) is 26.0. The van der Waals surface area contributed by atoms with E-state index in [-0.39, 0.29) is 38.2 Å². The largest absolute Gasteiger partial charge is 0.484 e. The Bertz CT molecular complexity index is 1520. The van der Waals surface area contributed by atoms with Crippen molar-refractivity contribution in [3.63, 3.8) is 0 Å². The first-order chi connectivity index (χ1) is 17.0. The van der Waals surface area contributed by atoms with Gasteiger partial charge in [0.05, 0.1) is 21.1 Å². The number of aryl methyl sites for hydroxylation is 1. The fourth-order valence-corrected chi connectivity index (χ4v) is 3.61. The smallest absolute Gasteiger partial charge is 0.453 e. The molecule has 0 aliphatic heterocycles. The van der Waals surface area contributed by atoms with E-state index in [0.29, 0.717) is 0 Å². The maximum absolute atomic E-state index is 13.7. The number of carbonyl (C=O) groups is 1. The minimum absolute atomic E-state index is 0.00142. The Morgan fingerprint density at radius 3 is 2.50 bits per heavy atom. The van der Waals surface area contributed by atoms with Gasteiger partial charge >= 0.3 is 6.18 Å². The predicted octanol–water partition coefficient (Wildman–Crippen LogP) is 7.24. The second-order valence-electron chi connectivity index (χ2n) is 7.60. The van der Waals surface area contributed by atoms with Crippen LogP contribution in [0, 0.1) is 6.92 Å². The van der Waals surface area contributed by atoms with Gasteiger partial charge in [0.15, 0.2) is 6.61 Å². The summed E-state index contributed by atoms with van der Waals surface area (Å²) < 4.78 is 57.0. The molecule has 0 unspecified atom stereocenters. The number of benzene rings is 3. The lowest BCUT2D eigenvalue weighted by Crippen LogP contribution is -2.20. The van der Waals surface area contributed by atoms with Crippen LogP contribution in [0.3, 0.4) is 0 Å². The molecule has 0 aliphatic rings. The standard InChI is InChI=1S/C25H16Cl2F3NO5/c1-13-4-2-5-15(10-13)35-23-22(33)16-9-8-14(11-19(16)36-24(23)25(28,29)30)34-12-20(32)31-18-7-3-6-17(26)21(18)27/h2-11H,12H2,1H3,(H,31,32). The lowest BCUT2D eigenvalue weighted by molar-refractivity contribution is -0.154. The van der Waals surface area contributed by atoms with Gasteiger partial charge in [-0.3, -0.25) is 9.59 Å². The summed E-state index contributed by atoms with van der Waals surface area (Å²) in [6, 6.07) is 14.5. The first-order valence-corrected chi connectivity index (χ1v) is 11.1. The average Bonchev–Trinajstić information content (AvgIpc) is 2.81. The van der Waals surface area contributed by atoms with Gasteiger partial charge in [-0.2, -0.15) is 13.2 Å². The SMILES string of the molecule is Cc1cccc(Oc2c(C(F)(F)F)oc3cc(OCC(=O)Nc4cccc(Cl)c4Cl)ccc3c2=O)c1. The van der Waals surface area contributed by atoms with Crippen LogP contribution in [-0.4, -0.2) is 12.5 Å². The van der Waals surface area contributed by atoms with Crippen LogP contribution in [0.1, 0.15) is 11.3 Å². The molecule has 3 aromatic carbocycles. The third-order valence-corrected chi connectivity index (χ3v) is 5.70. The first kappa shape index (κ1) is 25.4. The molecule has 1 heterocycles. The Balaban J connectivity index is 1.61. The zero-order valence-electron chi connectivity index (χ0n) is 18.4. The minimum Gasteiger partial charge on any atom is -0.484 e. The van der Waals surface area contributed by atoms with Crippen molar-refractivity contribution in [1.82, 2.24) is 0 Å². The third-order valence-electron chi connectivity index (χ3n) is 4.88. The molecule has 0 atom stereocenters. The minimum atomic E-state index is -5.01. The summed E-state index contributed by atoms with van der Waals surface area (Å²) in [5, 5.41) is 2.74. The molecule has 0 radical (unpaired) electrons. The summed E-state index contributed by atoms with van der Waals surface area (Å²) in [5.74, 6) is -3.12. The highest BCUT2D eigenvalue weighted by Crippen LogP contribution is 2.38. The van der Waals surface area contributed by atoms with Crippen molar-refractivity contribution in [3.05, 3.63) is 92.3 Å². The van der Waals surface area contributed by atoms with Crippen LogP contribution in [-0.2, 0) is 11.0 Å². The highest BCUT2D eigenvalue weighted by atomic mass is 35.5. The van der Waals surface area contributed by atoms with Gasteiger partial charge in [-0.25, -0.2) is 0 Å². The van der Waals surface area contributed by atoms with E-state index in [1.54, 1.807) is 31.2 Å². The normalized spacial score (nSPS) is 11.4. The average molecular weight is 538 g/mol. The Morgan fingerprint density at radius 2 is 1.78 bits per heavy atom. The molecule has 1 aromatic heterocycles. The Labute approximate surface area is 212 Å². The van der Waals surface area contributed by atoms with Crippen molar-refractivity contribution in [2.75, 3.05) is 11.9 Å². The predicted molar refractivity (Wildman–Crippen MR) is 129 cm³/mol. The molecule has 4 aromatic rings. The maximum Gasteiger partial charge on any atom is 0.453 e. The summed E-state index contributed by atoms with van der Waals surface area (Å²) in [7, 11) is 0. The molecule has 0 saturated heterocycles. The van der Waals surface area contributed by atoms with Crippen LogP contribution in [0.4, 0.5) is 18.9 Å². The summed E-state index contributed by atoms with van der Waals surface area (Å²) in [6.07, 6.45) is -5.01. The van der Waals surface area contributed by atoms with Crippen molar-refractivity contribution in [2.24, 2.45) is 0 Å². The van der Waals surface area contributed by atoms with Crippen molar-refractivity contribution in [1.29, 1.82) is 0 Å². The van der Waals surface area contributed by atoms with E-state index in [9.17, 15) is 22.8 Å². The molecule has 0 saturated carbocycles. The van der Waals surface area contributed by atoms with Gasteiger partial charge in [0, 0.05) is 6.07 Å². The van der Waals surface area contributed by atoms with E-state index in [0.717, 1.165) is 11.6 Å². The van der Waals surface area contributed by atoms with E-state index in [2.05, 4.69) is 5.32 Å². The molecular formula is C25H16Cl2F3NO5. The molecule has 186 valence electrons. The molecular weight excluding hydrogens is 522 g/mol. The van der Waals surface area contributed by atoms with Gasteiger partial charge in [-0.1, -0.05) is 41.4 Å². The number of carbonyl (C=O) groups excluding carboxylic acids is 1. The molecule has 1 amide bonds. The first-order valence-electron chi connectivity index (χ1n) is 10.3. The lowest BCUT2D eigenvalue weighted by atomic mass is 10.2. The fourth-order valence-electron chi connectivity index (χ4n) is 3.26. The van der Waals surface area contributed by atoms with E-state index >= 15 is 0 Å². The molecule has 0 aliphatic carbocycles. The van der Waals surface area contributed by atoms with Gasteiger partial charge in [0.25, 0.3) is 11.7 Å². The van der Waals surface area contributed by atoms with Crippen LogP contribution in [0.5, 0.6) is 17.2 Å². The van der Waals surface area contributed by atoms with Crippen LogP contribution in [0.2, 0.25) is 10.0 Å². The van der Waals surface area contributed by atoms with Crippen molar-refractivity contribution in [2.45, 2.75) is 13.1 Å². The van der Waals surface area contributed by atoms with Gasteiger partial charge in [0.2, 0.25) is 11.2 Å². The number of anilines is 1. The van der Waals surface area contributed by atoms with Gasteiger partial charge < -0.3 is 19.2 Å². The maximum atomic E-state index is 13.7. The van der Waals surface area contributed by atoms with E-state index in [1.165, 1.54) is 30.3 Å². The molecule has 4 rings (SSSR count). The molecule has 0 fully saturated rings. The number of alkyl halides is 3. The van der Waals surface area contributed by atoms with Crippen molar-refractivity contribution in [3.8, 4) is 17.2 Å². The quantitative estimate of drug-likeness (QED) is 0.280. The summed E-state index contributed by atoms with van der Waals surface area (Å²) in [5.41, 5.74) is -0.405. The number of hydrogen-bond acceptors (Lipinski definition) is 5. The van der Waals surface area contributed by atoms with Gasteiger partial charge in [-0.05, 0) is 48.9 Å². The summed E-state index contributed by atoms with van der Waals surface area (Å²) in [4.78, 5) is 25.1. The number of halogens is 5. The molecule has 36 heavy (non-hydrogen) atoms. The number of fused-ring (bicyclic) bond motifs is 1. The van der Waals surface area contributed by atoms with Gasteiger partial charge in [0.1, 0.15) is 17.1 Å². The zero-order valence-corrected chi connectivity index (χ0v) is 19.9. The second-order valence-corrected chi connectivity index (χ2v) is 8.39. The van der Waals surface area contributed by atoms with Crippen LogP contribution in [0.25, 0.3) is 11.0 Å². The number of amides is 1. The highest BCUT2D eigenvalue weighted by molar-refractivity contribution is 6.44. The Kier molecular flexibility index (Phi) is 7.14. The molecule has 11 heteroatoms. The summed E-state index contributed by atoms with van der Waals surface area (Å²) >= 11 is 11.9. The fraction of sp³-hybridized carbons (Fsp3) is 0.120. The Morgan fingerprint density at radius 1 is 1.03 bits per heavy atom. The third kappa shape index (κ3) is 5.58. The van der Waals surface area contributed by atoms with Crippen molar-refractivity contribution >= 4 is 45.8 Å². The molecule has 0 spiro atoms. The van der Waals surface area contributed by atoms with Crippen LogP contribution >= 0.6 is 23.2 Å². The number of ether oxygens (including phenoxy) is 2. The molecule has 1 N–H and O–H groups in total.